The van der Waals surface area contributed by atoms with E-state index in [1.54, 1.807) is 7.11 Å². The minimum Gasteiger partial charge on any atom is -0.493 e. The monoisotopic (exact) mass is 221 g/mol. The molecular formula is C13H19NO2. The predicted octanol–water partition coefficient (Wildman–Crippen LogP) is 2.16. The molecule has 3 nitrogen and oxygen atoms in total. The zero-order chi connectivity index (χ0) is 11.5. The van der Waals surface area contributed by atoms with Crippen molar-refractivity contribution >= 4 is 0 Å². The van der Waals surface area contributed by atoms with E-state index >= 15 is 0 Å². The Bertz CT molecular complexity index is 365. The predicted molar refractivity (Wildman–Crippen MR) is 64.1 cm³/mol. The Balaban J connectivity index is 2.39. The minimum atomic E-state index is 0.481. The molecule has 0 aromatic heterocycles. The van der Waals surface area contributed by atoms with Crippen LogP contribution in [0, 0.1) is 5.92 Å². The molecule has 2 rings (SSSR count). The van der Waals surface area contributed by atoms with Crippen LogP contribution in [0.25, 0.3) is 0 Å². The molecule has 1 aliphatic heterocycles. The van der Waals surface area contributed by atoms with E-state index in [2.05, 4.69) is 13.0 Å². The molecule has 2 unspecified atom stereocenters. The molecule has 0 radical (unpaired) electrons. The molecule has 16 heavy (non-hydrogen) atoms. The Kier molecular flexibility index (Phi) is 3.34. The number of benzene rings is 1. The normalized spacial score (nSPS) is 20.8. The number of para-hydroxylation sites is 1. The maximum Gasteiger partial charge on any atom is 0.164 e. The third-order valence-corrected chi connectivity index (χ3v) is 3.36. The van der Waals surface area contributed by atoms with E-state index in [1.165, 1.54) is 5.56 Å². The number of methoxy groups -OCH3 is 1. The Hall–Kier alpha value is -1.22. The highest BCUT2D eigenvalue weighted by molar-refractivity contribution is 5.49. The first-order chi connectivity index (χ1) is 7.77. The van der Waals surface area contributed by atoms with E-state index in [4.69, 9.17) is 15.2 Å². The molecule has 0 aliphatic carbocycles. The summed E-state index contributed by atoms with van der Waals surface area (Å²) in [6.07, 6.45) is 1.04. The van der Waals surface area contributed by atoms with Gasteiger partial charge >= 0.3 is 0 Å². The highest BCUT2D eigenvalue weighted by Crippen LogP contribution is 2.42. The lowest BCUT2D eigenvalue weighted by molar-refractivity contribution is 0.232. The van der Waals surface area contributed by atoms with Gasteiger partial charge in [0.05, 0.1) is 13.7 Å². The molecule has 0 saturated carbocycles. The van der Waals surface area contributed by atoms with E-state index in [0.29, 0.717) is 18.4 Å². The first-order valence-electron chi connectivity index (χ1n) is 5.77. The van der Waals surface area contributed by atoms with Crippen molar-refractivity contribution < 1.29 is 9.47 Å². The smallest absolute Gasteiger partial charge is 0.164 e. The van der Waals surface area contributed by atoms with Gasteiger partial charge in [-0.2, -0.15) is 0 Å². The second-order valence-electron chi connectivity index (χ2n) is 4.34. The van der Waals surface area contributed by atoms with Gasteiger partial charge in [0, 0.05) is 5.56 Å². The van der Waals surface area contributed by atoms with Crippen LogP contribution in [0.4, 0.5) is 0 Å². The summed E-state index contributed by atoms with van der Waals surface area (Å²) < 4.78 is 11.0. The second-order valence-corrected chi connectivity index (χ2v) is 4.34. The molecule has 1 aromatic carbocycles. The quantitative estimate of drug-likeness (QED) is 0.850. The van der Waals surface area contributed by atoms with Crippen molar-refractivity contribution in [2.45, 2.75) is 19.3 Å². The maximum absolute atomic E-state index is 5.76. The standard InChI is InChI=1S/C13H19NO2/c1-9(8-14)10-6-7-16-13-11(10)4-3-5-12(13)15-2/h3-5,9-10H,6-8,14H2,1-2H3. The Morgan fingerprint density at radius 3 is 3.06 bits per heavy atom. The van der Waals surface area contributed by atoms with Gasteiger partial charge in [-0.3, -0.25) is 0 Å². The van der Waals surface area contributed by atoms with Gasteiger partial charge in [-0.15, -0.1) is 0 Å². The molecule has 2 N–H and O–H groups in total. The highest BCUT2D eigenvalue weighted by atomic mass is 16.5. The molecule has 2 atom stereocenters. The van der Waals surface area contributed by atoms with Gasteiger partial charge in [0.1, 0.15) is 0 Å². The molecule has 3 heteroatoms. The lowest BCUT2D eigenvalue weighted by atomic mass is 9.83. The fraction of sp³-hybridized carbons (Fsp3) is 0.538. The molecule has 88 valence electrons. The average molecular weight is 221 g/mol. The molecule has 1 aromatic rings. The van der Waals surface area contributed by atoms with Crippen LogP contribution in [-0.4, -0.2) is 20.3 Å². The van der Waals surface area contributed by atoms with Crippen molar-refractivity contribution in [3.63, 3.8) is 0 Å². The average Bonchev–Trinajstić information content (AvgIpc) is 2.36. The molecule has 0 amide bonds. The summed E-state index contributed by atoms with van der Waals surface area (Å²) in [6, 6.07) is 6.07. The number of ether oxygens (including phenoxy) is 2. The largest absolute Gasteiger partial charge is 0.493 e. The van der Waals surface area contributed by atoms with E-state index in [-0.39, 0.29) is 0 Å². The van der Waals surface area contributed by atoms with E-state index < -0.39 is 0 Å². The number of rotatable bonds is 3. The van der Waals surface area contributed by atoms with Gasteiger partial charge in [0.2, 0.25) is 0 Å². The van der Waals surface area contributed by atoms with Crippen LogP contribution in [0.2, 0.25) is 0 Å². The van der Waals surface area contributed by atoms with Gasteiger partial charge < -0.3 is 15.2 Å². The maximum atomic E-state index is 5.76. The number of fused-ring (bicyclic) bond motifs is 1. The summed E-state index contributed by atoms with van der Waals surface area (Å²) in [6.45, 7) is 3.66. The fourth-order valence-corrected chi connectivity index (χ4v) is 2.34. The second kappa shape index (κ2) is 4.74. The molecule has 0 saturated heterocycles. The van der Waals surface area contributed by atoms with Gasteiger partial charge in [0.15, 0.2) is 11.5 Å². The van der Waals surface area contributed by atoms with Crippen LogP contribution < -0.4 is 15.2 Å². The first kappa shape index (κ1) is 11.3. The summed E-state index contributed by atoms with van der Waals surface area (Å²) in [7, 11) is 1.68. The van der Waals surface area contributed by atoms with Gasteiger partial charge in [-0.25, -0.2) is 0 Å². The lowest BCUT2D eigenvalue weighted by Crippen LogP contribution is -2.24. The fourth-order valence-electron chi connectivity index (χ4n) is 2.34. The first-order valence-corrected chi connectivity index (χ1v) is 5.77. The molecular weight excluding hydrogens is 202 g/mol. The molecule has 1 heterocycles. The van der Waals surface area contributed by atoms with Crippen LogP contribution in [0.15, 0.2) is 18.2 Å². The van der Waals surface area contributed by atoms with Crippen LogP contribution >= 0.6 is 0 Å². The summed E-state index contributed by atoms with van der Waals surface area (Å²) in [5.41, 5.74) is 7.00. The van der Waals surface area contributed by atoms with Crippen molar-refractivity contribution in [3.8, 4) is 11.5 Å². The van der Waals surface area contributed by atoms with E-state index in [1.807, 2.05) is 12.1 Å². The van der Waals surface area contributed by atoms with Crippen LogP contribution in [-0.2, 0) is 0 Å². The molecule has 0 bridgehead atoms. The Labute approximate surface area is 96.5 Å². The zero-order valence-electron chi connectivity index (χ0n) is 9.90. The summed E-state index contributed by atoms with van der Waals surface area (Å²) in [4.78, 5) is 0. The van der Waals surface area contributed by atoms with Crippen LogP contribution in [0.5, 0.6) is 11.5 Å². The van der Waals surface area contributed by atoms with Crippen LogP contribution in [0.1, 0.15) is 24.8 Å². The Morgan fingerprint density at radius 1 is 1.56 bits per heavy atom. The number of hydrogen-bond donors (Lipinski definition) is 1. The summed E-state index contributed by atoms with van der Waals surface area (Å²) >= 11 is 0. The van der Waals surface area contributed by atoms with Gasteiger partial charge in [-0.05, 0) is 30.9 Å². The lowest BCUT2D eigenvalue weighted by Gasteiger charge is -2.30. The molecule has 0 fully saturated rings. The van der Waals surface area contributed by atoms with Gasteiger partial charge in [-0.1, -0.05) is 19.1 Å². The number of hydrogen-bond acceptors (Lipinski definition) is 3. The summed E-state index contributed by atoms with van der Waals surface area (Å²) in [5, 5.41) is 0. The van der Waals surface area contributed by atoms with E-state index in [9.17, 15) is 0 Å². The van der Waals surface area contributed by atoms with Crippen molar-refractivity contribution in [2.75, 3.05) is 20.3 Å². The van der Waals surface area contributed by atoms with Gasteiger partial charge in [0.25, 0.3) is 0 Å². The van der Waals surface area contributed by atoms with E-state index in [0.717, 1.165) is 24.5 Å². The third-order valence-electron chi connectivity index (χ3n) is 3.36. The van der Waals surface area contributed by atoms with Crippen LogP contribution in [0.3, 0.4) is 0 Å². The van der Waals surface area contributed by atoms with Crippen molar-refractivity contribution in [2.24, 2.45) is 11.7 Å². The topological polar surface area (TPSA) is 44.5 Å². The Morgan fingerprint density at radius 2 is 2.38 bits per heavy atom. The number of nitrogens with two attached hydrogens (primary N) is 1. The van der Waals surface area contributed by atoms with Crippen molar-refractivity contribution in [3.05, 3.63) is 23.8 Å². The molecule has 1 aliphatic rings. The van der Waals surface area contributed by atoms with Crippen molar-refractivity contribution in [1.29, 1.82) is 0 Å². The summed E-state index contributed by atoms with van der Waals surface area (Å²) in [5.74, 6) is 2.70. The highest BCUT2D eigenvalue weighted by Gasteiger charge is 2.27. The minimum absolute atomic E-state index is 0.481. The SMILES string of the molecule is COc1cccc2c1OCCC2C(C)CN. The zero-order valence-corrected chi connectivity index (χ0v) is 9.90. The molecule has 0 spiro atoms. The third kappa shape index (κ3) is 1.87. The van der Waals surface area contributed by atoms with Crippen molar-refractivity contribution in [1.82, 2.24) is 0 Å².